The third kappa shape index (κ3) is 4.83. The van der Waals surface area contributed by atoms with E-state index in [0.29, 0.717) is 0 Å². The highest BCUT2D eigenvalue weighted by Gasteiger charge is 2.15. The maximum absolute atomic E-state index is 11.6. The highest BCUT2D eigenvalue weighted by atomic mass is 16.6. The van der Waals surface area contributed by atoms with Gasteiger partial charge in [-0.1, -0.05) is 24.3 Å². The molecule has 1 aromatic heterocycles. The fraction of sp³-hybridized carbons (Fsp3) is 0.412. The summed E-state index contributed by atoms with van der Waals surface area (Å²) in [7, 11) is 0. The molecule has 0 aliphatic heterocycles. The number of rotatable bonds is 5. The Morgan fingerprint density at radius 1 is 1.24 bits per heavy atom. The van der Waals surface area contributed by atoms with Crippen molar-refractivity contribution < 1.29 is 9.53 Å². The third-order valence-corrected chi connectivity index (χ3v) is 2.98. The van der Waals surface area contributed by atoms with Gasteiger partial charge in [-0.25, -0.2) is 0 Å². The van der Waals surface area contributed by atoms with Gasteiger partial charge in [0.1, 0.15) is 5.60 Å². The Balaban J connectivity index is 1.84. The summed E-state index contributed by atoms with van der Waals surface area (Å²) in [6, 6.07) is 10.2. The third-order valence-electron chi connectivity index (χ3n) is 2.98. The standard InChI is InChI=1S/C17H22N2O2/c1-17(2,3)21-15(20)12-18-11-9-14-7-4-6-13-8-5-10-19-16(13)14/h4-8,10,18H,9,11-12H2,1-3H3. The van der Waals surface area contributed by atoms with E-state index in [1.54, 1.807) is 6.20 Å². The van der Waals surface area contributed by atoms with Crippen LogP contribution in [0.2, 0.25) is 0 Å². The Hall–Kier alpha value is -1.94. The molecule has 0 unspecified atom stereocenters. The first-order chi connectivity index (χ1) is 9.96. The van der Waals surface area contributed by atoms with Crippen LogP contribution < -0.4 is 5.32 Å². The number of carbonyl (C=O) groups excluding carboxylic acids is 1. The second-order valence-corrected chi connectivity index (χ2v) is 6.01. The number of nitrogens with zero attached hydrogens (tertiary/aromatic N) is 1. The molecular formula is C17H22N2O2. The Morgan fingerprint density at radius 2 is 2.00 bits per heavy atom. The van der Waals surface area contributed by atoms with E-state index in [-0.39, 0.29) is 12.5 Å². The van der Waals surface area contributed by atoms with Crippen molar-refractivity contribution in [2.24, 2.45) is 0 Å². The summed E-state index contributed by atoms with van der Waals surface area (Å²) in [6.07, 6.45) is 2.64. The first kappa shape index (κ1) is 15.4. The van der Waals surface area contributed by atoms with E-state index in [0.717, 1.165) is 23.9 Å². The Kier molecular flexibility index (Phi) is 4.91. The van der Waals surface area contributed by atoms with Gasteiger partial charge in [-0.2, -0.15) is 0 Å². The topological polar surface area (TPSA) is 51.2 Å². The van der Waals surface area contributed by atoms with Gasteiger partial charge in [-0.3, -0.25) is 9.78 Å². The second kappa shape index (κ2) is 6.68. The van der Waals surface area contributed by atoms with Crippen molar-refractivity contribution in [2.75, 3.05) is 13.1 Å². The average Bonchev–Trinajstić information content (AvgIpc) is 2.42. The number of pyridine rings is 1. The van der Waals surface area contributed by atoms with Gasteiger partial charge >= 0.3 is 5.97 Å². The van der Waals surface area contributed by atoms with E-state index in [4.69, 9.17) is 4.74 Å². The highest BCUT2D eigenvalue weighted by Crippen LogP contribution is 2.15. The smallest absolute Gasteiger partial charge is 0.320 e. The molecule has 0 saturated heterocycles. The number of hydrogen-bond acceptors (Lipinski definition) is 4. The number of nitrogens with one attached hydrogen (secondary N) is 1. The first-order valence-corrected chi connectivity index (χ1v) is 7.21. The number of ether oxygens (including phenoxy) is 1. The molecule has 1 aromatic carbocycles. The van der Waals surface area contributed by atoms with Crippen LogP contribution in [-0.2, 0) is 16.0 Å². The van der Waals surface area contributed by atoms with Crippen LogP contribution in [0.15, 0.2) is 36.5 Å². The maximum Gasteiger partial charge on any atom is 0.320 e. The molecular weight excluding hydrogens is 264 g/mol. The molecule has 1 N–H and O–H groups in total. The van der Waals surface area contributed by atoms with E-state index in [9.17, 15) is 4.79 Å². The molecule has 2 rings (SSSR count). The minimum absolute atomic E-state index is 0.224. The first-order valence-electron chi connectivity index (χ1n) is 7.21. The molecule has 112 valence electrons. The molecule has 2 aromatic rings. The SMILES string of the molecule is CC(C)(C)OC(=O)CNCCc1cccc2cccnc12. The average molecular weight is 286 g/mol. The van der Waals surface area contributed by atoms with Gasteiger partial charge in [-0.05, 0) is 45.4 Å². The van der Waals surface area contributed by atoms with Crippen molar-refractivity contribution in [3.63, 3.8) is 0 Å². The highest BCUT2D eigenvalue weighted by molar-refractivity contribution is 5.81. The summed E-state index contributed by atoms with van der Waals surface area (Å²) in [5, 5.41) is 4.26. The van der Waals surface area contributed by atoms with E-state index >= 15 is 0 Å². The van der Waals surface area contributed by atoms with Crippen LogP contribution in [-0.4, -0.2) is 29.6 Å². The normalized spacial score (nSPS) is 11.6. The lowest BCUT2D eigenvalue weighted by Crippen LogP contribution is -2.32. The predicted octanol–water partition coefficient (Wildman–Crippen LogP) is 2.71. The van der Waals surface area contributed by atoms with Crippen LogP contribution in [0.1, 0.15) is 26.3 Å². The van der Waals surface area contributed by atoms with Crippen molar-refractivity contribution in [3.05, 3.63) is 42.1 Å². The van der Waals surface area contributed by atoms with Gasteiger partial charge in [0.05, 0.1) is 12.1 Å². The molecule has 0 aliphatic carbocycles. The summed E-state index contributed by atoms with van der Waals surface area (Å²) in [5.41, 5.74) is 1.78. The van der Waals surface area contributed by atoms with Crippen molar-refractivity contribution >= 4 is 16.9 Å². The summed E-state index contributed by atoms with van der Waals surface area (Å²) < 4.78 is 5.25. The molecule has 0 atom stereocenters. The van der Waals surface area contributed by atoms with Crippen LogP contribution in [0.25, 0.3) is 10.9 Å². The lowest BCUT2D eigenvalue weighted by atomic mass is 10.1. The second-order valence-electron chi connectivity index (χ2n) is 6.01. The zero-order valence-corrected chi connectivity index (χ0v) is 12.8. The molecule has 0 aliphatic rings. The molecule has 1 heterocycles. The van der Waals surface area contributed by atoms with Crippen molar-refractivity contribution in [1.29, 1.82) is 0 Å². The van der Waals surface area contributed by atoms with Crippen molar-refractivity contribution in [3.8, 4) is 0 Å². The van der Waals surface area contributed by atoms with Crippen molar-refractivity contribution in [2.45, 2.75) is 32.8 Å². The lowest BCUT2D eigenvalue weighted by Gasteiger charge is -2.19. The molecule has 0 spiro atoms. The van der Waals surface area contributed by atoms with Gasteiger partial charge in [-0.15, -0.1) is 0 Å². The minimum atomic E-state index is -0.432. The molecule has 21 heavy (non-hydrogen) atoms. The Bertz CT molecular complexity index is 612. The molecule has 4 heteroatoms. The van der Waals surface area contributed by atoms with Crippen molar-refractivity contribution in [1.82, 2.24) is 10.3 Å². The Labute approximate surface area is 125 Å². The molecule has 0 radical (unpaired) electrons. The fourth-order valence-corrected chi connectivity index (χ4v) is 2.16. The molecule has 0 amide bonds. The van der Waals surface area contributed by atoms with E-state index in [1.165, 1.54) is 5.56 Å². The molecule has 0 saturated carbocycles. The van der Waals surface area contributed by atoms with Gasteiger partial charge in [0.25, 0.3) is 0 Å². The lowest BCUT2D eigenvalue weighted by molar-refractivity contribution is -0.153. The summed E-state index contributed by atoms with van der Waals surface area (Å²) in [4.78, 5) is 16.0. The van der Waals surface area contributed by atoms with Gasteiger partial charge in [0, 0.05) is 11.6 Å². The van der Waals surface area contributed by atoms with Crippen LogP contribution in [0, 0.1) is 0 Å². The number of aromatic nitrogens is 1. The molecule has 4 nitrogen and oxygen atoms in total. The van der Waals surface area contributed by atoms with E-state index in [2.05, 4.69) is 28.5 Å². The number of esters is 1. The fourth-order valence-electron chi connectivity index (χ4n) is 2.16. The van der Waals surface area contributed by atoms with Gasteiger partial charge in [0.15, 0.2) is 0 Å². The summed E-state index contributed by atoms with van der Waals surface area (Å²) in [6.45, 7) is 6.55. The molecule has 0 fully saturated rings. The van der Waals surface area contributed by atoms with Crippen LogP contribution in [0.4, 0.5) is 0 Å². The van der Waals surface area contributed by atoms with Crippen LogP contribution in [0.5, 0.6) is 0 Å². The monoisotopic (exact) mass is 286 g/mol. The molecule has 0 bridgehead atoms. The number of benzene rings is 1. The van der Waals surface area contributed by atoms with E-state index < -0.39 is 5.60 Å². The largest absolute Gasteiger partial charge is 0.459 e. The van der Waals surface area contributed by atoms with Gasteiger partial charge < -0.3 is 10.1 Å². The van der Waals surface area contributed by atoms with Crippen LogP contribution in [0.3, 0.4) is 0 Å². The van der Waals surface area contributed by atoms with E-state index in [1.807, 2.05) is 32.9 Å². The van der Waals surface area contributed by atoms with Gasteiger partial charge in [0.2, 0.25) is 0 Å². The number of carbonyl (C=O) groups is 1. The quantitative estimate of drug-likeness (QED) is 0.678. The summed E-state index contributed by atoms with van der Waals surface area (Å²) >= 11 is 0. The maximum atomic E-state index is 11.6. The zero-order chi connectivity index (χ0) is 15.3. The van der Waals surface area contributed by atoms with Crippen LogP contribution >= 0.6 is 0 Å². The summed E-state index contributed by atoms with van der Waals surface area (Å²) in [5.74, 6) is -0.224. The zero-order valence-electron chi connectivity index (χ0n) is 12.8. The minimum Gasteiger partial charge on any atom is -0.459 e. The number of hydrogen-bond donors (Lipinski definition) is 1. The Morgan fingerprint density at radius 3 is 2.76 bits per heavy atom. The number of fused-ring (bicyclic) bond motifs is 1. The number of para-hydroxylation sites is 1. The predicted molar refractivity (Wildman–Crippen MR) is 84.2 cm³/mol.